The monoisotopic (exact) mass is 360 g/mol. The Kier molecular flexibility index (Phi) is 6.50. The van der Waals surface area contributed by atoms with Crippen LogP contribution in [0, 0.1) is 11.6 Å². The number of hydrogen-bond acceptors (Lipinski definition) is 5. The van der Waals surface area contributed by atoms with E-state index in [1.807, 2.05) is 0 Å². The van der Waals surface area contributed by atoms with Gasteiger partial charge in [-0.25, -0.2) is 23.1 Å². The topological polar surface area (TPSA) is 91.8 Å². The predicted molar refractivity (Wildman–Crippen MR) is 68.1 cm³/mol. The summed E-state index contributed by atoms with van der Waals surface area (Å²) < 4.78 is 48.4. The third kappa shape index (κ3) is 4.53. The van der Waals surface area contributed by atoms with Crippen LogP contribution in [0.1, 0.15) is 11.6 Å². The van der Waals surface area contributed by atoms with Gasteiger partial charge in [-0.3, -0.25) is 4.79 Å². The van der Waals surface area contributed by atoms with Gasteiger partial charge in [0.05, 0.1) is 0 Å². The minimum atomic E-state index is -1.40. The van der Waals surface area contributed by atoms with Crippen LogP contribution < -0.4 is 5.56 Å². The number of aromatic nitrogens is 4. The Hall–Kier alpha value is -1.94. The van der Waals surface area contributed by atoms with Crippen molar-refractivity contribution in [2.45, 2.75) is 13.3 Å². The quantitative estimate of drug-likeness (QED) is 0.634. The van der Waals surface area contributed by atoms with E-state index in [1.54, 1.807) is 4.98 Å². The average molecular weight is 361 g/mol. The van der Waals surface area contributed by atoms with Crippen molar-refractivity contribution in [1.29, 1.82) is 0 Å². The van der Waals surface area contributed by atoms with Gasteiger partial charge in [-0.05, 0) is 0 Å². The number of nitrogens with one attached hydrogen (secondary N) is 1. The number of rotatable bonds is 2. The number of aromatic hydroxyl groups is 1. The van der Waals surface area contributed by atoms with Crippen molar-refractivity contribution in [2.24, 2.45) is 0 Å². The van der Waals surface area contributed by atoms with Gasteiger partial charge in [-0.2, -0.15) is 9.37 Å². The molecule has 0 aromatic carbocycles. The SMILES string of the molecule is FCc1nc(Cl)c(F)c(Cl)n1.O=c1[nH]c(CF)nc(O)c1F. The normalized spacial score (nSPS) is 10.1. The maximum Gasteiger partial charge on any atom is 0.291 e. The second-order valence-electron chi connectivity index (χ2n) is 3.45. The van der Waals surface area contributed by atoms with Crippen LogP contribution in [-0.4, -0.2) is 25.0 Å². The lowest BCUT2D eigenvalue weighted by atomic mass is 10.5. The summed E-state index contributed by atoms with van der Waals surface area (Å²) in [4.78, 5) is 21.8. The zero-order valence-corrected chi connectivity index (χ0v) is 11.9. The summed E-state index contributed by atoms with van der Waals surface area (Å²) in [6.45, 7) is -1.97. The fourth-order valence-electron chi connectivity index (χ4n) is 1.05. The Morgan fingerprint density at radius 2 is 1.55 bits per heavy atom. The Labute approximate surface area is 129 Å². The predicted octanol–water partition coefficient (Wildman–Crippen LogP) is 2.48. The highest BCUT2D eigenvalue weighted by atomic mass is 35.5. The molecule has 2 aromatic heterocycles. The molecule has 0 aliphatic heterocycles. The number of halogens is 6. The van der Waals surface area contributed by atoms with Crippen molar-refractivity contribution in [3.05, 3.63) is 43.9 Å². The van der Waals surface area contributed by atoms with Gasteiger partial charge >= 0.3 is 0 Å². The lowest BCUT2D eigenvalue weighted by Gasteiger charge is -1.97. The minimum absolute atomic E-state index is 0.221. The van der Waals surface area contributed by atoms with E-state index in [9.17, 15) is 22.4 Å². The fraction of sp³-hybridized carbons (Fsp3) is 0.200. The van der Waals surface area contributed by atoms with Crippen LogP contribution >= 0.6 is 23.2 Å². The fourth-order valence-corrected chi connectivity index (χ4v) is 1.47. The van der Waals surface area contributed by atoms with Crippen LogP contribution in [-0.2, 0) is 13.3 Å². The Morgan fingerprint density at radius 1 is 1.00 bits per heavy atom. The second kappa shape index (κ2) is 7.90. The van der Waals surface area contributed by atoms with Gasteiger partial charge in [0.15, 0.2) is 21.9 Å². The van der Waals surface area contributed by atoms with Gasteiger partial charge in [0.25, 0.3) is 11.4 Å². The molecule has 2 rings (SSSR count). The Bertz CT molecular complexity index is 706. The van der Waals surface area contributed by atoms with Gasteiger partial charge < -0.3 is 10.1 Å². The molecule has 22 heavy (non-hydrogen) atoms. The Balaban J connectivity index is 0.000000220. The van der Waals surface area contributed by atoms with E-state index >= 15 is 0 Å². The molecule has 0 bridgehead atoms. The van der Waals surface area contributed by atoms with Gasteiger partial charge in [-0.1, -0.05) is 23.2 Å². The first kappa shape index (κ1) is 18.1. The van der Waals surface area contributed by atoms with Crippen LogP contribution in [0.5, 0.6) is 5.88 Å². The molecule has 2 heterocycles. The van der Waals surface area contributed by atoms with Gasteiger partial charge in [0.1, 0.15) is 19.2 Å². The van der Waals surface area contributed by atoms with E-state index in [-0.39, 0.29) is 5.82 Å². The first-order valence-corrected chi connectivity index (χ1v) is 6.02. The number of nitrogens with zero attached hydrogens (tertiary/aromatic N) is 3. The number of alkyl halides is 2. The summed E-state index contributed by atoms with van der Waals surface area (Å²) in [5.74, 6) is -4.02. The van der Waals surface area contributed by atoms with E-state index < -0.39 is 52.6 Å². The number of hydrogen-bond donors (Lipinski definition) is 2. The molecule has 0 atom stereocenters. The summed E-state index contributed by atoms with van der Waals surface area (Å²) in [5, 5.41) is 7.62. The molecule has 0 spiro atoms. The highest BCUT2D eigenvalue weighted by molar-refractivity contribution is 6.33. The zero-order chi connectivity index (χ0) is 16.9. The highest BCUT2D eigenvalue weighted by Crippen LogP contribution is 2.18. The molecule has 0 aliphatic rings. The molecule has 0 fully saturated rings. The maximum atomic E-state index is 12.5. The van der Waals surface area contributed by atoms with Crippen LogP contribution in [0.25, 0.3) is 0 Å². The molecule has 0 saturated heterocycles. The summed E-state index contributed by atoms with van der Waals surface area (Å²) in [6, 6.07) is 0. The molecule has 0 saturated carbocycles. The number of H-pyrrole nitrogens is 1. The van der Waals surface area contributed by atoms with Gasteiger partial charge in [0.2, 0.25) is 5.82 Å². The van der Waals surface area contributed by atoms with E-state index in [0.29, 0.717) is 0 Å². The van der Waals surface area contributed by atoms with Crippen molar-refractivity contribution in [3.63, 3.8) is 0 Å². The molecule has 6 nitrogen and oxygen atoms in total. The number of aromatic amines is 1. The second-order valence-corrected chi connectivity index (χ2v) is 4.17. The van der Waals surface area contributed by atoms with E-state index in [0.717, 1.165) is 0 Å². The molecule has 12 heteroatoms. The summed E-state index contributed by atoms with van der Waals surface area (Å²) in [6.07, 6.45) is 0. The van der Waals surface area contributed by atoms with Crippen molar-refractivity contribution in [2.75, 3.05) is 0 Å². The van der Waals surface area contributed by atoms with Crippen molar-refractivity contribution in [1.82, 2.24) is 19.9 Å². The van der Waals surface area contributed by atoms with E-state index in [1.165, 1.54) is 0 Å². The molecule has 2 N–H and O–H groups in total. The zero-order valence-electron chi connectivity index (χ0n) is 10.4. The van der Waals surface area contributed by atoms with E-state index in [2.05, 4.69) is 15.0 Å². The Morgan fingerprint density at radius 3 is 1.95 bits per heavy atom. The summed E-state index contributed by atoms with van der Waals surface area (Å²) >= 11 is 10.4. The molecule has 0 radical (unpaired) electrons. The standard InChI is InChI=1S/C5H2Cl2F2N2.C5H4F2N2O2/c6-4-3(9)5(7)11-2(1-8)10-4;6-1-2-8-4(10)3(7)5(11)9-2/h1H2;1H2,(H2,8,9,10,11). The maximum absolute atomic E-state index is 12.5. The lowest BCUT2D eigenvalue weighted by Crippen LogP contribution is -2.14. The molecule has 0 unspecified atom stereocenters. The van der Waals surface area contributed by atoms with Crippen LogP contribution in [0.2, 0.25) is 10.3 Å². The highest BCUT2D eigenvalue weighted by Gasteiger charge is 2.10. The van der Waals surface area contributed by atoms with Crippen molar-refractivity contribution < 1.29 is 22.7 Å². The third-order valence-electron chi connectivity index (χ3n) is 1.96. The largest absolute Gasteiger partial charge is 0.491 e. The van der Waals surface area contributed by atoms with Crippen LogP contribution in [0.3, 0.4) is 0 Å². The summed E-state index contributed by atoms with van der Waals surface area (Å²) in [7, 11) is 0. The minimum Gasteiger partial charge on any atom is -0.491 e. The molecular weight excluding hydrogens is 355 g/mol. The van der Waals surface area contributed by atoms with Gasteiger partial charge in [0, 0.05) is 0 Å². The van der Waals surface area contributed by atoms with Crippen LogP contribution in [0.15, 0.2) is 4.79 Å². The average Bonchev–Trinajstić information content (AvgIpc) is 2.49. The van der Waals surface area contributed by atoms with Crippen molar-refractivity contribution in [3.8, 4) is 5.88 Å². The molecular formula is C10H6Cl2F4N4O2. The summed E-state index contributed by atoms with van der Waals surface area (Å²) in [5.41, 5.74) is -1.18. The van der Waals surface area contributed by atoms with E-state index in [4.69, 9.17) is 28.3 Å². The smallest absolute Gasteiger partial charge is 0.291 e. The molecule has 0 amide bonds. The first-order valence-electron chi connectivity index (χ1n) is 5.27. The molecule has 120 valence electrons. The van der Waals surface area contributed by atoms with Gasteiger partial charge in [-0.15, -0.1) is 0 Å². The first-order chi connectivity index (χ1) is 10.3. The third-order valence-corrected chi connectivity index (χ3v) is 2.46. The molecule has 0 aliphatic carbocycles. The molecule has 2 aromatic rings. The lowest BCUT2D eigenvalue weighted by molar-refractivity contribution is 0.388. The van der Waals surface area contributed by atoms with Crippen molar-refractivity contribution >= 4 is 23.2 Å². The van der Waals surface area contributed by atoms with Crippen LogP contribution in [0.4, 0.5) is 17.6 Å².